The lowest BCUT2D eigenvalue weighted by Gasteiger charge is -2.47. The van der Waals surface area contributed by atoms with Crippen LogP contribution < -0.4 is 5.32 Å². The molecule has 0 spiro atoms. The molecule has 0 radical (unpaired) electrons. The van der Waals surface area contributed by atoms with E-state index in [1.165, 1.54) is 0 Å². The van der Waals surface area contributed by atoms with Crippen LogP contribution in [-0.4, -0.2) is 19.3 Å². The topological polar surface area (TPSA) is 21.3 Å². The van der Waals surface area contributed by atoms with Crippen LogP contribution >= 0.6 is 0 Å². The van der Waals surface area contributed by atoms with E-state index < -0.39 is 11.7 Å². The maximum absolute atomic E-state index is 12.6. The van der Waals surface area contributed by atoms with E-state index in [1.807, 2.05) is 6.92 Å². The van der Waals surface area contributed by atoms with Crippen molar-refractivity contribution in [2.75, 3.05) is 13.7 Å². The second-order valence-corrected chi connectivity index (χ2v) is 5.23. The average molecular weight is 287 g/mol. The molecule has 0 bridgehead atoms. The number of hydrogen-bond acceptors (Lipinski definition) is 2. The third kappa shape index (κ3) is 2.83. The van der Waals surface area contributed by atoms with Crippen LogP contribution in [0.2, 0.25) is 0 Å². The number of rotatable bonds is 5. The molecule has 0 heterocycles. The fraction of sp³-hybridized carbons (Fsp3) is 0.600. The van der Waals surface area contributed by atoms with Crippen LogP contribution in [0.4, 0.5) is 13.2 Å². The van der Waals surface area contributed by atoms with Gasteiger partial charge in [0.2, 0.25) is 0 Å². The lowest BCUT2D eigenvalue weighted by atomic mass is 9.72. The Kier molecular flexibility index (Phi) is 4.39. The van der Waals surface area contributed by atoms with Crippen molar-refractivity contribution in [1.82, 2.24) is 5.32 Å². The zero-order chi connectivity index (χ0) is 14.8. The van der Waals surface area contributed by atoms with Crippen molar-refractivity contribution < 1.29 is 17.9 Å². The minimum absolute atomic E-state index is 0.0615. The second kappa shape index (κ2) is 5.74. The zero-order valence-electron chi connectivity index (χ0n) is 11.8. The predicted octanol–water partition coefficient (Wildman–Crippen LogP) is 3.93. The maximum Gasteiger partial charge on any atom is 0.416 e. The van der Waals surface area contributed by atoms with E-state index >= 15 is 0 Å². The highest BCUT2D eigenvalue weighted by Gasteiger charge is 2.45. The molecule has 5 heteroatoms. The minimum Gasteiger partial charge on any atom is -0.376 e. The van der Waals surface area contributed by atoms with E-state index in [1.54, 1.807) is 19.2 Å². The third-order valence-electron chi connectivity index (χ3n) is 4.11. The monoisotopic (exact) mass is 287 g/mol. The molecule has 0 amide bonds. The van der Waals surface area contributed by atoms with Crippen molar-refractivity contribution in [3.63, 3.8) is 0 Å². The first-order valence-corrected chi connectivity index (χ1v) is 6.88. The standard InChI is InChI=1S/C15H20F3NO/c1-3-19-13(14(20-2)9-4-10-14)11-5-7-12(8-6-11)15(16,17)18/h5-8,13,19H,3-4,9-10H2,1-2H3. The molecule has 1 N–H and O–H groups in total. The molecular formula is C15H20F3NO. The van der Waals surface area contributed by atoms with Gasteiger partial charge >= 0.3 is 6.18 Å². The van der Waals surface area contributed by atoms with Gasteiger partial charge in [0.05, 0.1) is 17.2 Å². The number of nitrogens with one attached hydrogen (secondary N) is 1. The van der Waals surface area contributed by atoms with Crippen molar-refractivity contribution in [1.29, 1.82) is 0 Å². The normalized spacial score (nSPS) is 19.4. The van der Waals surface area contributed by atoms with Gasteiger partial charge in [0.25, 0.3) is 0 Å². The van der Waals surface area contributed by atoms with Crippen molar-refractivity contribution >= 4 is 0 Å². The Morgan fingerprint density at radius 3 is 2.20 bits per heavy atom. The quantitative estimate of drug-likeness (QED) is 0.886. The molecule has 1 aromatic carbocycles. The number of hydrogen-bond donors (Lipinski definition) is 1. The van der Waals surface area contributed by atoms with E-state index in [4.69, 9.17) is 4.74 Å². The van der Waals surface area contributed by atoms with Crippen molar-refractivity contribution in [3.8, 4) is 0 Å². The Morgan fingerprint density at radius 1 is 1.25 bits per heavy atom. The molecule has 0 aromatic heterocycles. The molecule has 112 valence electrons. The third-order valence-corrected chi connectivity index (χ3v) is 4.11. The van der Waals surface area contributed by atoms with Crippen LogP contribution in [0.5, 0.6) is 0 Å². The van der Waals surface area contributed by atoms with Gasteiger partial charge in [-0.15, -0.1) is 0 Å². The lowest BCUT2D eigenvalue weighted by Crippen LogP contribution is -2.50. The van der Waals surface area contributed by atoms with E-state index in [-0.39, 0.29) is 11.6 Å². The Bertz CT molecular complexity index is 432. The van der Waals surface area contributed by atoms with Gasteiger partial charge < -0.3 is 10.1 Å². The highest BCUT2D eigenvalue weighted by Crippen LogP contribution is 2.45. The van der Waals surface area contributed by atoms with Gasteiger partial charge in [-0.2, -0.15) is 13.2 Å². The molecule has 1 aromatic rings. The smallest absolute Gasteiger partial charge is 0.376 e. The van der Waals surface area contributed by atoms with Crippen molar-refractivity contribution in [2.45, 2.75) is 44.0 Å². The van der Waals surface area contributed by atoms with E-state index in [0.29, 0.717) is 0 Å². The molecule has 1 fully saturated rings. The number of ether oxygens (including phenoxy) is 1. The molecule has 2 rings (SSSR count). The lowest BCUT2D eigenvalue weighted by molar-refractivity contribution is -0.137. The van der Waals surface area contributed by atoms with Gasteiger partial charge in [-0.25, -0.2) is 0 Å². The van der Waals surface area contributed by atoms with E-state index in [2.05, 4.69) is 5.32 Å². The molecule has 1 aliphatic carbocycles. The number of benzene rings is 1. The Balaban J connectivity index is 2.26. The van der Waals surface area contributed by atoms with Crippen LogP contribution in [-0.2, 0) is 10.9 Å². The first-order valence-electron chi connectivity index (χ1n) is 6.88. The molecule has 1 saturated carbocycles. The highest BCUT2D eigenvalue weighted by molar-refractivity contribution is 5.29. The summed E-state index contributed by atoms with van der Waals surface area (Å²) in [6.07, 6.45) is -1.33. The van der Waals surface area contributed by atoms with Gasteiger partial charge in [0.1, 0.15) is 0 Å². The summed E-state index contributed by atoms with van der Waals surface area (Å²) >= 11 is 0. The minimum atomic E-state index is -4.29. The Morgan fingerprint density at radius 2 is 1.85 bits per heavy atom. The summed E-state index contributed by atoms with van der Waals surface area (Å²) in [6, 6.07) is 5.32. The predicted molar refractivity (Wildman–Crippen MR) is 71.5 cm³/mol. The molecule has 2 nitrogen and oxygen atoms in total. The first kappa shape index (κ1) is 15.3. The number of likely N-dealkylation sites (N-methyl/N-ethyl adjacent to an activating group) is 1. The first-order chi connectivity index (χ1) is 9.43. The Hall–Kier alpha value is -1.07. The summed E-state index contributed by atoms with van der Waals surface area (Å²) in [5, 5.41) is 3.34. The summed E-state index contributed by atoms with van der Waals surface area (Å²) in [6.45, 7) is 2.73. The maximum atomic E-state index is 12.6. The largest absolute Gasteiger partial charge is 0.416 e. The van der Waals surface area contributed by atoms with Crippen LogP contribution in [0.3, 0.4) is 0 Å². The molecule has 0 aliphatic heterocycles. The van der Waals surface area contributed by atoms with Gasteiger partial charge in [0, 0.05) is 7.11 Å². The molecule has 1 unspecified atom stereocenters. The zero-order valence-corrected chi connectivity index (χ0v) is 11.8. The van der Waals surface area contributed by atoms with Gasteiger partial charge in [-0.3, -0.25) is 0 Å². The summed E-state index contributed by atoms with van der Waals surface area (Å²) < 4.78 is 43.5. The van der Waals surface area contributed by atoms with Gasteiger partial charge in [0.15, 0.2) is 0 Å². The van der Waals surface area contributed by atoms with Gasteiger partial charge in [-0.1, -0.05) is 19.1 Å². The SMILES string of the molecule is CCNC(c1ccc(C(F)(F)F)cc1)C1(OC)CCC1. The average Bonchev–Trinajstić information content (AvgIpc) is 2.36. The van der Waals surface area contributed by atoms with Crippen LogP contribution in [0.25, 0.3) is 0 Å². The van der Waals surface area contributed by atoms with Crippen molar-refractivity contribution in [3.05, 3.63) is 35.4 Å². The molecule has 20 heavy (non-hydrogen) atoms. The number of methoxy groups -OCH3 is 1. The highest BCUT2D eigenvalue weighted by atomic mass is 19.4. The molecular weight excluding hydrogens is 267 g/mol. The molecule has 0 saturated heterocycles. The Labute approximate surface area is 117 Å². The fourth-order valence-electron chi connectivity index (χ4n) is 2.81. The van der Waals surface area contributed by atoms with Gasteiger partial charge in [-0.05, 0) is 43.5 Å². The molecule has 1 atom stereocenters. The van der Waals surface area contributed by atoms with Crippen molar-refractivity contribution in [2.24, 2.45) is 0 Å². The van der Waals surface area contributed by atoms with E-state index in [9.17, 15) is 13.2 Å². The summed E-state index contributed by atoms with van der Waals surface area (Å²) in [4.78, 5) is 0. The fourth-order valence-corrected chi connectivity index (χ4v) is 2.81. The van der Waals surface area contributed by atoms with Crippen LogP contribution in [0.15, 0.2) is 24.3 Å². The second-order valence-electron chi connectivity index (χ2n) is 5.23. The summed E-state index contributed by atoms with van der Waals surface area (Å²) in [5.74, 6) is 0. The van der Waals surface area contributed by atoms with E-state index in [0.717, 1.165) is 43.5 Å². The van der Waals surface area contributed by atoms with Crippen LogP contribution in [0, 0.1) is 0 Å². The van der Waals surface area contributed by atoms with Crippen LogP contribution in [0.1, 0.15) is 43.4 Å². The summed E-state index contributed by atoms with van der Waals surface area (Å²) in [5.41, 5.74) is -0.0477. The number of halogens is 3. The molecule has 1 aliphatic rings. The summed E-state index contributed by atoms with van der Waals surface area (Å²) in [7, 11) is 1.67. The number of alkyl halides is 3.